The lowest BCUT2D eigenvalue weighted by molar-refractivity contribution is 0.155. The molecule has 0 saturated carbocycles. The first kappa shape index (κ1) is 16.3. The van der Waals surface area contributed by atoms with Crippen molar-refractivity contribution in [2.24, 2.45) is 0 Å². The summed E-state index contributed by atoms with van der Waals surface area (Å²) in [7, 11) is 0. The Labute approximate surface area is 145 Å². The summed E-state index contributed by atoms with van der Waals surface area (Å²) in [5, 5.41) is 16.0. The van der Waals surface area contributed by atoms with E-state index in [0.717, 1.165) is 16.9 Å². The van der Waals surface area contributed by atoms with Gasteiger partial charge in [-0.2, -0.15) is 5.26 Å². The van der Waals surface area contributed by atoms with Gasteiger partial charge in [-0.1, -0.05) is 36.4 Å². The summed E-state index contributed by atoms with van der Waals surface area (Å²) in [4.78, 5) is 11.9. The number of benzene rings is 2. The average molecular weight is 332 g/mol. The van der Waals surface area contributed by atoms with Crippen LogP contribution >= 0.6 is 0 Å². The average Bonchev–Trinajstić information content (AvgIpc) is 3.01. The van der Waals surface area contributed by atoms with Gasteiger partial charge in [-0.25, -0.2) is 9.48 Å². The number of hydrogen-bond donors (Lipinski definition) is 1. The fraction of sp³-hybridized carbons (Fsp3) is 0.105. The molecule has 3 rings (SSSR count). The number of amides is 1. The summed E-state index contributed by atoms with van der Waals surface area (Å²) in [6.45, 7) is 2.06. The zero-order valence-corrected chi connectivity index (χ0v) is 13.6. The van der Waals surface area contributed by atoms with Gasteiger partial charge in [-0.3, -0.25) is 5.32 Å². The first-order chi connectivity index (χ1) is 12.2. The summed E-state index contributed by atoms with van der Waals surface area (Å²) in [6, 6.07) is 20.4. The monoisotopic (exact) mass is 332 g/mol. The summed E-state index contributed by atoms with van der Waals surface area (Å²) in [5.74, 6) is 0.387. The van der Waals surface area contributed by atoms with E-state index in [1.807, 2.05) is 43.3 Å². The number of nitrogens with one attached hydrogen (secondary N) is 1. The first-order valence-electron chi connectivity index (χ1n) is 7.70. The van der Waals surface area contributed by atoms with Crippen LogP contribution < -0.4 is 5.32 Å². The molecule has 1 heterocycles. The van der Waals surface area contributed by atoms with E-state index in [9.17, 15) is 4.79 Å². The Morgan fingerprint density at radius 2 is 2.00 bits per heavy atom. The Kier molecular flexibility index (Phi) is 4.77. The highest BCUT2D eigenvalue weighted by Gasteiger charge is 2.10. The molecule has 2 aromatic carbocycles. The number of nitrogens with zero attached hydrogens (tertiary/aromatic N) is 3. The molecule has 1 amide bonds. The molecule has 0 atom stereocenters. The van der Waals surface area contributed by atoms with E-state index in [-0.39, 0.29) is 6.61 Å². The molecule has 0 aliphatic rings. The quantitative estimate of drug-likeness (QED) is 0.788. The molecule has 1 aromatic heterocycles. The molecule has 124 valence electrons. The normalized spacial score (nSPS) is 10.1. The maximum atomic E-state index is 11.9. The first-order valence-corrected chi connectivity index (χ1v) is 7.70. The third kappa shape index (κ3) is 4.03. The van der Waals surface area contributed by atoms with Crippen molar-refractivity contribution >= 4 is 11.9 Å². The van der Waals surface area contributed by atoms with Crippen molar-refractivity contribution in [2.75, 3.05) is 5.32 Å². The third-order valence-electron chi connectivity index (χ3n) is 3.55. The van der Waals surface area contributed by atoms with Gasteiger partial charge in [0.2, 0.25) is 0 Å². The minimum absolute atomic E-state index is 0.191. The molecule has 6 heteroatoms. The van der Waals surface area contributed by atoms with Crippen LogP contribution in [-0.4, -0.2) is 15.9 Å². The standard InChI is InChI=1S/C19H16N4O2/c1-14-10-18(21-19(24)25-13-15-6-3-2-4-7-15)22-23(14)17-9-5-8-16(11-17)12-20/h2-11H,13H2,1H3,(H,21,22,24). The number of rotatable bonds is 4. The molecule has 0 spiro atoms. The Morgan fingerprint density at radius 1 is 1.20 bits per heavy atom. The van der Waals surface area contributed by atoms with E-state index in [1.165, 1.54) is 0 Å². The molecule has 0 saturated heterocycles. The predicted octanol–water partition coefficient (Wildman–Crippen LogP) is 3.80. The van der Waals surface area contributed by atoms with Gasteiger partial charge in [0.1, 0.15) is 6.61 Å². The molecule has 6 nitrogen and oxygen atoms in total. The highest BCUT2D eigenvalue weighted by Crippen LogP contribution is 2.16. The Bertz CT molecular complexity index is 926. The largest absolute Gasteiger partial charge is 0.444 e. The van der Waals surface area contributed by atoms with Crippen molar-refractivity contribution in [3.63, 3.8) is 0 Å². The van der Waals surface area contributed by atoms with Crippen molar-refractivity contribution in [1.82, 2.24) is 9.78 Å². The van der Waals surface area contributed by atoms with Crippen LogP contribution in [0.3, 0.4) is 0 Å². The lowest BCUT2D eigenvalue weighted by Gasteiger charge is -2.05. The highest BCUT2D eigenvalue weighted by atomic mass is 16.5. The van der Waals surface area contributed by atoms with E-state index >= 15 is 0 Å². The van der Waals surface area contributed by atoms with Crippen LogP contribution in [0.4, 0.5) is 10.6 Å². The number of nitriles is 1. The van der Waals surface area contributed by atoms with Gasteiger partial charge in [0.15, 0.2) is 5.82 Å². The second-order valence-corrected chi connectivity index (χ2v) is 5.43. The van der Waals surface area contributed by atoms with Gasteiger partial charge in [0.05, 0.1) is 17.3 Å². The van der Waals surface area contributed by atoms with E-state index < -0.39 is 6.09 Å². The van der Waals surface area contributed by atoms with Crippen molar-refractivity contribution in [3.8, 4) is 11.8 Å². The fourth-order valence-electron chi connectivity index (χ4n) is 2.37. The molecule has 1 N–H and O–H groups in total. The second-order valence-electron chi connectivity index (χ2n) is 5.43. The van der Waals surface area contributed by atoms with Gasteiger partial charge in [0, 0.05) is 11.8 Å². The summed E-state index contributed by atoms with van der Waals surface area (Å²) < 4.78 is 6.84. The highest BCUT2D eigenvalue weighted by molar-refractivity contribution is 5.83. The molecule has 0 fully saturated rings. The number of ether oxygens (including phenoxy) is 1. The Balaban J connectivity index is 1.68. The number of hydrogen-bond acceptors (Lipinski definition) is 4. The number of aromatic nitrogens is 2. The minimum atomic E-state index is -0.570. The minimum Gasteiger partial charge on any atom is -0.444 e. The van der Waals surface area contributed by atoms with Crippen LogP contribution in [0.1, 0.15) is 16.8 Å². The van der Waals surface area contributed by atoms with Crippen LogP contribution in [0.15, 0.2) is 60.7 Å². The SMILES string of the molecule is Cc1cc(NC(=O)OCc2ccccc2)nn1-c1cccc(C#N)c1. The lowest BCUT2D eigenvalue weighted by atomic mass is 10.2. The lowest BCUT2D eigenvalue weighted by Crippen LogP contribution is -2.14. The van der Waals surface area contributed by atoms with Crippen LogP contribution in [0.25, 0.3) is 5.69 Å². The zero-order valence-electron chi connectivity index (χ0n) is 13.6. The zero-order chi connectivity index (χ0) is 17.6. The number of carbonyl (C=O) groups is 1. The molecule has 3 aromatic rings. The number of aryl methyl sites for hydroxylation is 1. The van der Waals surface area contributed by atoms with Crippen molar-refractivity contribution in [3.05, 3.63) is 77.5 Å². The van der Waals surface area contributed by atoms with Gasteiger partial charge in [-0.15, -0.1) is 5.10 Å². The van der Waals surface area contributed by atoms with Crippen LogP contribution in [0.5, 0.6) is 0 Å². The van der Waals surface area contributed by atoms with Crippen molar-refractivity contribution in [2.45, 2.75) is 13.5 Å². The van der Waals surface area contributed by atoms with Crippen molar-refractivity contribution < 1.29 is 9.53 Å². The number of carbonyl (C=O) groups excluding carboxylic acids is 1. The van der Waals surface area contributed by atoms with Crippen LogP contribution in [-0.2, 0) is 11.3 Å². The maximum Gasteiger partial charge on any atom is 0.413 e. The summed E-state index contributed by atoms with van der Waals surface area (Å²) in [5.41, 5.74) is 3.03. The van der Waals surface area contributed by atoms with E-state index in [2.05, 4.69) is 16.5 Å². The van der Waals surface area contributed by atoms with E-state index in [0.29, 0.717) is 11.4 Å². The van der Waals surface area contributed by atoms with Crippen LogP contribution in [0, 0.1) is 18.3 Å². The smallest absolute Gasteiger partial charge is 0.413 e. The van der Waals surface area contributed by atoms with Crippen molar-refractivity contribution in [1.29, 1.82) is 5.26 Å². The number of anilines is 1. The molecule has 0 unspecified atom stereocenters. The molecule has 25 heavy (non-hydrogen) atoms. The molecule has 0 aliphatic carbocycles. The molecular weight excluding hydrogens is 316 g/mol. The molecule has 0 aliphatic heterocycles. The fourth-order valence-corrected chi connectivity index (χ4v) is 2.37. The summed E-state index contributed by atoms with van der Waals surface area (Å²) >= 11 is 0. The van der Waals surface area contributed by atoms with Gasteiger partial charge < -0.3 is 4.74 Å². The molecule has 0 radical (unpaired) electrons. The van der Waals surface area contributed by atoms with Gasteiger partial charge >= 0.3 is 6.09 Å². The van der Waals surface area contributed by atoms with Gasteiger partial charge in [-0.05, 0) is 30.7 Å². The van der Waals surface area contributed by atoms with Gasteiger partial charge in [0.25, 0.3) is 0 Å². The maximum absolute atomic E-state index is 11.9. The van der Waals surface area contributed by atoms with E-state index in [1.54, 1.807) is 28.9 Å². The summed E-state index contributed by atoms with van der Waals surface area (Å²) in [6.07, 6.45) is -0.570. The molecule has 0 bridgehead atoms. The predicted molar refractivity (Wildman–Crippen MR) is 93.3 cm³/mol. The third-order valence-corrected chi connectivity index (χ3v) is 3.55. The Hall–Kier alpha value is -3.59. The Morgan fingerprint density at radius 3 is 2.76 bits per heavy atom. The topological polar surface area (TPSA) is 79.9 Å². The van der Waals surface area contributed by atoms with Crippen LogP contribution in [0.2, 0.25) is 0 Å². The van der Waals surface area contributed by atoms with E-state index in [4.69, 9.17) is 10.00 Å². The second kappa shape index (κ2) is 7.32. The molecular formula is C19H16N4O2.